The Balaban J connectivity index is 2.02. The molecular formula is C18H27NO. The molecule has 0 aromatic heterocycles. The molecule has 110 valence electrons. The van der Waals surface area contributed by atoms with Crippen LogP contribution in [0.2, 0.25) is 0 Å². The standard InChI is InChI=1S/C18H27NO/c1-5-15-6-8-16(9-7-15)19(4)12-17-14(3)10-13(2)11-18(17)20/h6-9,13-14,17H,5,10-12H2,1-4H3. The predicted octanol–water partition coefficient (Wildman–Crippen LogP) is 3.94. The number of Topliss-reactive ketones (excluding diaryl/α,β-unsaturated/α-hetero) is 1. The number of hydrogen-bond donors (Lipinski definition) is 0. The van der Waals surface area contributed by atoms with Crippen molar-refractivity contribution in [2.45, 2.75) is 40.0 Å². The van der Waals surface area contributed by atoms with Crippen molar-refractivity contribution >= 4 is 11.5 Å². The highest BCUT2D eigenvalue weighted by Gasteiger charge is 2.32. The van der Waals surface area contributed by atoms with Crippen LogP contribution >= 0.6 is 0 Å². The van der Waals surface area contributed by atoms with Crippen LogP contribution < -0.4 is 4.90 Å². The van der Waals surface area contributed by atoms with Crippen LogP contribution in [0.4, 0.5) is 5.69 Å². The minimum atomic E-state index is 0.196. The maximum absolute atomic E-state index is 12.3. The highest BCUT2D eigenvalue weighted by molar-refractivity contribution is 5.83. The minimum Gasteiger partial charge on any atom is -0.374 e. The maximum atomic E-state index is 12.3. The van der Waals surface area contributed by atoms with E-state index in [1.807, 2.05) is 0 Å². The molecule has 0 amide bonds. The number of hydrogen-bond acceptors (Lipinski definition) is 2. The summed E-state index contributed by atoms with van der Waals surface area (Å²) in [5.74, 6) is 1.71. The Labute approximate surface area is 123 Å². The second kappa shape index (κ2) is 6.43. The van der Waals surface area contributed by atoms with E-state index >= 15 is 0 Å². The van der Waals surface area contributed by atoms with Gasteiger partial charge in [0.1, 0.15) is 5.78 Å². The van der Waals surface area contributed by atoms with Crippen LogP contribution in [0.3, 0.4) is 0 Å². The van der Waals surface area contributed by atoms with Crippen LogP contribution in [0, 0.1) is 17.8 Å². The van der Waals surface area contributed by atoms with Crippen molar-refractivity contribution in [1.29, 1.82) is 0 Å². The van der Waals surface area contributed by atoms with Crippen molar-refractivity contribution in [1.82, 2.24) is 0 Å². The third-order valence-corrected chi connectivity index (χ3v) is 4.68. The SMILES string of the molecule is CCc1ccc(N(C)CC2C(=O)CC(C)CC2C)cc1. The number of carbonyl (C=O) groups excluding carboxylic acids is 1. The van der Waals surface area contributed by atoms with Crippen molar-refractivity contribution in [2.24, 2.45) is 17.8 Å². The van der Waals surface area contributed by atoms with Gasteiger partial charge in [0.15, 0.2) is 0 Å². The van der Waals surface area contributed by atoms with Crippen molar-refractivity contribution in [2.75, 3.05) is 18.5 Å². The molecule has 1 fully saturated rings. The van der Waals surface area contributed by atoms with Gasteiger partial charge in [-0.1, -0.05) is 32.9 Å². The lowest BCUT2D eigenvalue weighted by atomic mass is 9.74. The number of anilines is 1. The Kier molecular flexibility index (Phi) is 4.85. The molecule has 1 saturated carbocycles. The molecule has 0 heterocycles. The van der Waals surface area contributed by atoms with Gasteiger partial charge in [0, 0.05) is 31.6 Å². The fraction of sp³-hybridized carbons (Fsp3) is 0.611. The van der Waals surface area contributed by atoms with E-state index in [0.717, 1.165) is 19.4 Å². The molecule has 1 aliphatic carbocycles. The largest absolute Gasteiger partial charge is 0.374 e. The fourth-order valence-corrected chi connectivity index (χ4v) is 3.36. The Hall–Kier alpha value is -1.31. The predicted molar refractivity (Wildman–Crippen MR) is 85.1 cm³/mol. The molecule has 1 aliphatic rings. The molecule has 3 atom stereocenters. The summed E-state index contributed by atoms with van der Waals surface area (Å²) in [6.45, 7) is 7.44. The van der Waals surface area contributed by atoms with Crippen molar-refractivity contribution in [3.8, 4) is 0 Å². The first kappa shape index (κ1) is 15.1. The number of aryl methyl sites for hydroxylation is 1. The first-order valence-corrected chi connectivity index (χ1v) is 7.84. The molecule has 1 aromatic rings. The van der Waals surface area contributed by atoms with E-state index in [4.69, 9.17) is 0 Å². The lowest BCUT2D eigenvalue weighted by Crippen LogP contribution is -2.38. The molecule has 0 radical (unpaired) electrons. The van der Waals surface area contributed by atoms with Gasteiger partial charge in [0.25, 0.3) is 0 Å². The molecular weight excluding hydrogens is 246 g/mol. The molecule has 3 unspecified atom stereocenters. The number of benzene rings is 1. The second-order valence-corrected chi connectivity index (χ2v) is 6.50. The van der Waals surface area contributed by atoms with E-state index < -0.39 is 0 Å². The molecule has 0 N–H and O–H groups in total. The van der Waals surface area contributed by atoms with Crippen molar-refractivity contribution in [3.63, 3.8) is 0 Å². The zero-order valence-corrected chi connectivity index (χ0v) is 13.2. The van der Waals surface area contributed by atoms with Gasteiger partial charge < -0.3 is 4.90 Å². The summed E-state index contributed by atoms with van der Waals surface area (Å²) in [6, 6.07) is 8.69. The summed E-state index contributed by atoms with van der Waals surface area (Å²) in [6.07, 6.45) is 3.01. The minimum absolute atomic E-state index is 0.196. The average Bonchev–Trinajstić information content (AvgIpc) is 2.42. The van der Waals surface area contributed by atoms with Gasteiger partial charge in [0.2, 0.25) is 0 Å². The smallest absolute Gasteiger partial charge is 0.138 e. The van der Waals surface area contributed by atoms with Crippen LogP contribution in [0.15, 0.2) is 24.3 Å². The van der Waals surface area contributed by atoms with Crippen LogP contribution in [-0.4, -0.2) is 19.4 Å². The first-order chi connectivity index (χ1) is 9.51. The van der Waals surface area contributed by atoms with Gasteiger partial charge >= 0.3 is 0 Å². The highest BCUT2D eigenvalue weighted by Crippen LogP contribution is 2.32. The van der Waals surface area contributed by atoms with Crippen LogP contribution in [0.5, 0.6) is 0 Å². The Morgan fingerprint density at radius 2 is 1.85 bits per heavy atom. The summed E-state index contributed by atoms with van der Waals surface area (Å²) < 4.78 is 0. The van der Waals surface area contributed by atoms with Gasteiger partial charge in [0.05, 0.1) is 0 Å². The van der Waals surface area contributed by atoms with E-state index in [9.17, 15) is 4.79 Å². The molecule has 0 saturated heterocycles. The topological polar surface area (TPSA) is 20.3 Å². The normalized spacial score (nSPS) is 26.6. The summed E-state index contributed by atoms with van der Waals surface area (Å²) in [5, 5.41) is 0. The van der Waals surface area contributed by atoms with Crippen molar-refractivity contribution < 1.29 is 4.79 Å². The Morgan fingerprint density at radius 1 is 1.20 bits per heavy atom. The summed E-state index contributed by atoms with van der Waals surface area (Å²) in [4.78, 5) is 14.5. The van der Waals surface area contributed by atoms with Gasteiger partial charge in [-0.25, -0.2) is 0 Å². The number of ketones is 1. The third kappa shape index (κ3) is 3.41. The van der Waals surface area contributed by atoms with Gasteiger partial charge in [-0.3, -0.25) is 4.79 Å². The molecule has 0 bridgehead atoms. The van der Waals surface area contributed by atoms with Gasteiger partial charge in [-0.15, -0.1) is 0 Å². The van der Waals surface area contributed by atoms with E-state index in [1.54, 1.807) is 0 Å². The Morgan fingerprint density at radius 3 is 2.40 bits per heavy atom. The van der Waals surface area contributed by atoms with Gasteiger partial charge in [-0.05, 0) is 42.4 Å². The van der Waals surface area contributed by atoms with Crippen LogP contribution in [0.1, 0.15) is 39.2 Å². The molecule has 2 heteroatoms. The van der Waals surface area contributed by atoms with Gasteiger partial charge in [-0.2, -0.15) is 0 Å². The lowest BCUT2D eigenvalue weighted by molar-refractivity contribution is -0.127. The highest BCUT2D eigenvalue weighted by atomic mass is 16.1. The summed E-state index contributed by atoms with van der Waals surface area (Å²) in [5.41, 5.74) is 2.57. The lowest BCUT2D eigenvalue weighted by Gasteiger charge is -2.34. The second-order valence-electron chi connectivity index (χ2n) is 6.50. The molecule has 20 heavy (non-hydrogen) atoms. The van der Waals surface area contributed by atoms with Crippen LogP contribution in [-0.2, 0) is 11.2 Å². The van der Waals surface area contributed by atoms with E-state index in [-0.39, 0.29) is 5.92 Å². The van der Waals surface area contributed by atoms with E-state index in [2.05, 4.69) is 57.0 Å². The zero-order chi connectivity index (χ0) is 14.7. The monoisotopic (exact) mass is 273 g/mol. The first-order valence-electron chi connectivity index (χ1n) is 7.84. The quantitative estimate of drug-likeness (QED) is 0.828. The van der Waals surface area contributed by atoms with E-state index in [1.165, 1.54) is 17.7 Å². The maximum Gasteiger partial charge on any atom is 0.138 e. The molecule has 2 nitrogen and oxygen atoms in total. The van der Waals surface area contributed by atoms with Crippen molar-refractivity contribution in [3.05, 3.63) is 29.8 Å². The average molecular weight is 273 g/mol. The van der Waals surface area contributed by atoms with Crippen LogP contribution in [0.25, 0.3) is 0 Å². The summed E-state index contributed by atoms with van der Waals surface area (Å²) in [7, 11) is 2.10. The summed E-state index contributed by atoms with van der Waals surface area (Å²) >= 11 is 0. The number of rotatable bonds is 4. The number of nitrogens with zero attached hydrogens (tertiary/aromatic N) is 1. The van der Waals surface area contributed by atoms with E-state index in [0.29, 0.717) is 17.6 Å². The zero-order valence-electron chi connectivity index (χ0n) is 13.2. The molecule has 1 aromatic carbocycles. The Bertz CT molecular complexity index is 451. The molecule has 0 spiro atoms. The molecule has 2 rings (SSSR count). The fourth-order valence-electron chi connectivity index (χ4n) is 3.36. The third-order valence-electron chi connectivity index (χ3n) is 4.68. The molecule has 0 aliphatic heterocycles. The number of carbonyl (C=O) groups is 1.